The van der Waals surface area contributed by atoms with Crippen LogP contribution in [0.25, 0.3) is 0 Å². The lowest BCUT2D eigenvalue weighted by atomic mass is 9.99. The van der Waals surface area contributed by atoms with Crippen LogP contribution in [-0.2, 0) is 6.42 Å². The number of rotatable bonds is 8. The highest BCUT2D eigenvalue weighted by Gasteiger charge is 2.05. The summed E-state index contributed by atoms with van der Waals surface area (Å²) in [5.74, 6) is 0.941. The zero-order chi connectivity index (χ0) is 13.4. The van der Waals surface area contributed by atoms with Crippen LogP contribution < -0.4 is 0 Å². The number of carbonyl (C=O) groups is 1. The van der Waals surface area contributed by atoms with Crippen LogP contribution in [0.4, 0.5) is 0 Å². The number of ketones is 1. The molecule has 0 N–H and O–H groups in total. The van der Waals surface area contributed by atoms with Gasteiger partial charge < -0.3 is 0 Å². The van der Waals surface area contributed by atoms with Gasteiger partial charge in [0.25, 0.3) is 0 Å². The van der Waals surface area contributed by atoms with E-state index in [1.54, 1.807) is 0 Å². The Hall–Kier alpha value is -0.630. The predicted octanol–water partition coefficient (Wildman–Crippen LogP) is 5.02. The minimum Gasteiger partial charge on any atom is -0.294 e. The summed E-state index contributed by atoms with van der Waals surface area (Å²) in [5.41, 5.74) is 2.18. The number of hydrogen-bond acceptors (Lipinski definition) is 1. The van der Waals surface area contributed by atoms with Crippen molar-refractivity contribution < 1.29 is 4.79 Å². The topological polar surface area (TPSA) is 17.1 Å². The van der Waals surface area contributed by atoms with Crippen molar-refractivity contribution in [1.29, 1.82) is 0 Å². The molecular weight excluding hydrogens is 288 g/mol. The largest absolute Gasteiger partial charge is 0.294 e. The Balaban J connectivity index is 2.43. The van der Waals surface area contributed by atoms with E-state index in [0.29, 0.717) is 12.3 Å². The Bertz CT molecular complexity index is 354. The molecule has 0 aliphatic carbocycles. The Morgan fingerprint density at radius 3 is 2.33 bits per heavy atom. The van der Waals surface area contributed by atoms with Gasteiger partial charge in [-0.05, 0) is 30.7 Å². The molecule has 2 heteroatoms. The molecular formula is C16H23BrO. The van der Waals surface area contributed by atoms with E-state index < -0.39 is 0 Å². The average Bonchev–Trinajstić information content (AvgIpc) is 2.34. The van der Waals surface area contributed by atoms with E-state index in [9.17, 15) is 4.79 Å². The van der Waals surface area contributed by atoms with Gasteiger partial charge in [0.05, 0.1) is 0 Å². The number of alkyl halides is 1. The molecule has 1 nitrogen and oxygen atoms in total. The lowest BCUT2D eigenvalue weighted by molar-refractivity contribution is 0.0979. The van der Waals surface area contributed by atoms with Crippen LogP contribution in [0.2, 0.25) is 0 Å². The normalized spacial score (nSPS) is 10.9. The second-order valence-corrected chi connectivity index (χ2v) is 6.01. The molecule has 1 aromatic rings. The lowest BCUT2D eigenvalue weighted by Crippen LogP contribution is -2.00. The number of carbonyl (C=O) groups excluding carboxylic acids is 1. The number of Topliss-reactive ketones (excluding diaryl/α,β-unsaturated/α-hetero) is 1. The van der Waals surface area contributed by atoms with E-state index in [-0.39, 0.29) is 5.78 Å². The fourth-order valence-corrected chi connectivity index (χ4v) is 2.40. The molecule has 1 aromatic carbocycles. The summed E-state index contributed by atoms with van der Waals surface area (Å²) in [5, 5.41) is 1.03. The van der Waals surface area contributed by atoms with E-state index in [4.69, 9.17) is 0 Å². The van der Waals surface area contributed by atoms with E-state index in [1.165, 1.54) is 5.56 Å². The van der Waals surface area contributed by atoms with Gasteiger partial charge in [-0.2, -0.15) is 0 Å². The summed E-state index contributed by atoms with van der Waals surface area (Å²) in [6.07, 6.45) is 5.04. The molecule has 0 atom stereocenters. The summed E-state index contributed by atoms with van der Waals surface area (Å²) >= 11 is 3.40. The van der Waals surface area contributed by atoms with E-state index in [2.05, 4.69) is 41.9 Å². The minimum absolute atomic E-state index is 0.278. The van der Waals surface area contributed by atoms with Crippen LogP contribution in [0.1, 0.15) is 55.5 Å². The van der Waals surface area contributed by atoms with Gasteiger partial charge >= 0.3 is 0 Å². The maximum atomic E-state index is 11.9. The molecule has 0 heterocycles. The quantitative estimate of drug-likeness (QED) is 0.374. The van der Waals surface area contributed by atoms with Gasteiger partial charge in [-0.3, -0.25) is 4.79 Å². The van der Waals surface area contributed by atoms with Crippen molar-refractivity contribution >= 4 is 21.7 Å². The molecule has 0 fully saturated rings. The molecule has 0 radical (unpaired) electrons. The smallest absolute Gasteiger partial charge is 0.162 e. The first-order valence-electron chi connectivity index (χ1n) is 6.81. The Kier molecular flexibility index (Phi) is 7.26. The van der Waals surface area contributed by atoms with Gasteiger partial charge in [0.15, 0.2) is 5.78 Å². The molecule has 0 unspecified atom stereocenters. The van der Waals surface area contributed by atoms with Crippen molar-refractivity contribution in [1.82, 2.24) is 0 Å². The number of halogens is 1. The van der Waals surface area contributed by atoms with Crippen molar-refractivity contribution in [3.63, 3.8) is 0 Å². The molecule has 18 heavy (non-hydrogen) atoms. The predicted molar refractivity (Wildman–Crippen MR) is 81.6 cm³/mol. The highest BCUT2D eigenvalue weighted by molar-refractivity contribution is 9.09. The molecule has 0 aromatic heterocycles. The maximum absolute atomic E-state index is 11.9. The number of unbranched alkanes of at least 4 members (excludes halogenated alkanes) is 2. The van der Waals surface area contributed by atoms with Crippen LogP contribution >= 0.6 is 15.9 Å². The zero-order valence-corrected chi connectivity index (χ0v) is 13.0. The first-order chi connectivity index (χ1) is 8.63. The summed E-state index contributed by atoms with van der Waals surface area (Å²) in [7, 11) is 0. The van der Waals surface area contributed by atoms with Crippen molar-refractivity contribution in [2.45, 2.75) is 46.0 Å². The fraction of sp³-hybridized carbons (Fsp3) is 0.562. The molecule has 0 aliphatic heterocycles. The molecule has 0 bridgehead atoms. The maximum Gasteiger partial charge on any atom is 0.162 e. The highest BCUT2D eigenvalue weighted by atomic mass is 79.9. The summed E-state index contributed by atoms with van der Waals surface area (Å²) in [6.45, 7) is 4.42. The van der Waals surface area contributed by atoms with Crippen LogP contribution in [0.3, 0.4) is 0 Å². The van der Waals surface area contributed by atoms with Crippen molar-refractivity contribution in [2.24, 2.45) is 5.92 Å². The highest BCUT2D eigenvalue weighted by Crippen LogP contribution is 2.13. The van der Waals surface area contributed by atoms with Gasteiger partial charge in [0, 0.05) is 17.3 Å². The third-order valence-electron chi connectivity index (χ3n) is 2.96. The summed E-state index contributed by atoms with van der Waals surface area (Å²) in [4.78, 5) is 11.9. The van der Waals surface area contributed by atoms with Crippen molar-refractivity contribution in [2.75, 3.05) is 5.33 Å². The standard InChI is InChI=1S/C16H23BrO/c1-13(2)12-14-7-9-15(10-8-14)16(18)6-4-3-5-11-17/h7-10,13H,3-6,11-12H2,1-2H3. The van der Waals surface area contributed by atoms with E-state index in [0.717, 1.165) is 36.6 Å². The first-order valence-corrected chi connectivity index (χ1v) is 7.93. The molecule has 0 aliphatic rings. The SMILES string of the molecule is CC(C)Cc1ccc(C(=O)CCCCCBr)cc1. The number of benzene rings is 1. The molecule has 100 valence electrons. The number of hydrogen-bond donors (Lipinski definition) is 0. The van der Waals surface area contributed by atoms with Crippen LogP contribution in [0.15, 0.2) is 24.3 Å². The van der Waals surface area contributed by atoms with Gasteiger partial charge in [-0.15, -0.1) is 0 Å². The monoisotopic (exact) mass is 310 g/mol. The minimum atomic E-state index is 0.278. The van der Waals surface area contributed by atoms with Crippen molar-refractivity contribution in [3.05, 3.63) is 35.4 Å². The van der Waals surface area contributed by atoms with Gasteiger partial charge in [-0.1, -0.05) is 60.5 Å². The summed E-state index contributed by atoms with van der Waals surface area (Å²) in [6, 6.07) is 8.13. The second-order valence-electron chi connectivity index (χ2n) is 5.22. The zero-order valence-electron chi connectivity index (χ0n) is 11.4. The van der Waals surface area contributed by atoms with Crippen LogP contribution in [-0.4, -0.2) is 11.1 Å². The second kappa shape index (κ2) is 8.47. The summed E-state index contributed by atoms with van der Waals surface area (Å²) < 4.78 is 0. The molecule has 0 saturated carbocycles. The first kappa shape index (κ1) is 15.4. The van der Waals surface area contributed by atoms with Crippen LogP contribution in [0.5, 0.6) is 0 Å². The molecule has 1 rings (SSSR count). The van der Waals surface area contributed by atoms with Crippen LogP contribution in [0, 0.1) is 5.92 Å². The average molecular weight is 311 g/mol. The third-order valence-corrected chi connectivity index (χ3v) is 3.52. The van der Waals surface area contributed by atoms with E-state index >= 15 is 0 Å². The van der Waals surface area contributed by atoms with Gasteiger partial charge in [0.1, 0.15) is 0 Å². The molecule has 0 saturated heterocycles. The Labute approximate surface area is 119 Å². The Morgan fingerprint density at radius 1 is 1.11 bits per heavy atom. The molecule has 0 amide bonds. The van der Waals surface area contributed by atoms with Gasteiger partial charge in [0.2, 0.25) is 0 Å². The Morgan fingerprint density at radius 2 is 1.78 bits per heavy atom. The third kappa shape index (κ3) is 5.81. The van der Waals surface area contributed by atoms with Crippen molar-refractivity contribution in [3.8, 4) is 0 Å². The lowest BCUT2D eigenvalue weighted by Gasteiger charge is -2.06. The van der Waals surface area contributed by atoms with E-state index in [1.807, 2.05) is 12.1 Å². The van der Waals surface area contributed by atoms with Gasteiger partial charge in [-0.25, -0.2) is 0 Å². The molecule has 0 spiro atoms. The fourth-order valence-electron chi connectivity index (χ4n) is 2.00.